The summed E-state index contributed by atoms with van der Waals surface area (Å²) in [6, 6.07) is 14.4. The Hall–Kier alpha value is -3.74. The molecule has 1 atom stereocenters. The number of nitrogens with one attached hydrogen (secondary N) is 1. The normalized spacial score (nSPS) is 12.0. The number of amides is 1. The first kappa shape index (κ1) is 22.0. The van der Waals surface area contributed by atoms with E-state index in [1.54, 1.807) is 38.3 Å². The van der Waals surface area contributed by atoms with Gasteiger partial charge in [0.1, 0.15) is 11.3 Å². The molecular formula is C24H25NO6. The van der Waals surface area contributed by atoms with Crippen LogP contribution in [0, 0.1) is 0 Å². The number of fused-ring (bicyclic) bond motifs is 1. The van der Waals surface area contributed by atoms with Crippen molar-refractivity contribution >= 4 is 28.9 Å². The Morgan fingerprint density at radius 3 is 2.68 bits per heavy atom. The minimum atomic E-state index is -0.625. The molecule has 2 aromatic carbocycles. The first-order chi connectivity index (χ1) is 15.0. The van der Waals surface area contributed by atoms with Gasteiger partial charge in [0.2, 0.25) is 0 Å². The predicted octanol–water partition coefficient (Wildman–Crippen LogP) is 4.27. The van der Waals surface area contributed by atoms with Crippen molar-refractivity contribution in [1.29, 1.82) is 0 Å². The van der Waals surface area contributed by atoms with Gasteiger partial charge >= 0.3 is 5.97 Å². The van der Waals surface area contributed by atoms with Crippen LogP contribution in [0.25, 0.3) is 17.0 Å². The Labute approximate surface area is 180 Å². The van der Waals surface area contributed by atoms with E-state index in [2.05, 4.69) is 5.32 Å². The summed E-state index contributed by atoms with van der Waals surface area (Å²) in [7, 11) is 1.56. The fourth-order valence-electron chi connectivity index (χ4n) is 2.98. The summed E-state index contributed by atoms with van der Waals surface area (Å²) in [5.41, 5.74) is 1.49. The van der Waals surface area contributed by atoms with Crippen molar-refractivity contribution in [1.82, 2.24) is 5.32 Å². The van der Waals surface area contributed by atoms with Crippen LogP contribution >= 0.6 is 0 Å². The molecule has 0 saturated heterocycles. The zero-order valence-corrected chi connectivity index (χ0v) is 17.7. The van der Waals surface area contributed by atoms with Crippen molar-refractivity contribution in [2.45, 2.75) is 19.9 Å². The van der Waals surface area contributed by atoms with Gasteiger partial charge in [-0.15, -0.1) is 0 Å². The SMILES string of the molecule is CCOc1cc(/C=C/C(=O)OCC(=O)N[C@H](C)c2cc3ccccc3o2)ccc1OC. The molecule has 162 valence electrons. The summed E-state index contributed by atoms with van der Waals surface area (Å²) in [5, 5.41) is 3.72. The summed E-state index contributed by atoms with van der Waals surface area (Å²) in [6.45, 7) is 3.78. The molecule has 7 nitrogen and oxygen atoms in total. The van der Waals surface area contributed by atoms with Gasteiger partial charge in [-0.25, -0.2) is 4.79 Å². The molecule has 0 spiro atoms. The van der Waals surface area contributed by atoms with E-state index < -0.39 is 11.9 Å². The Morgan fingerprint density at radius 1 is 1.13 bits per heavy atom. The lowest BCUT2D eigenvalue weighted by Gasteiger charge is -2.11. The topological polar surface area (TPSA) is 87.0 Å². The van der Waals surface area contributed by atoms with Crippen molar-refractivity contribution in [2.24, 2.45) is 0 Å². The molecular weight excluding hydrogens is 398 g/mol. The number of benzene rings is 2. The third-order valence-electron chi connectivity index (χ3n) is 4.49. The first-order valence-electron chi connectivity index (χ1n) is 9.93. The zero-order valence-electron chi connectivity index (χ0n) is 17.7. The van der Waals surface area contributed by atoms with Crippen molar-refractivity contribution < 1.29 is 28.2 Å². The van der Waals surface area contributed by atoms with E-state index in [1.807, 2.05) is 37.3 Å². The van der Waals surface area contributed by atoms with Gasteiger partial charge in [-0.1, -0.05) is 24.3 Å². The summed E-state index contributed by atoms with van der Waals surface area (Å²) in [6.07, 6.45) is 2.84. The molecule has 0 aliphatic heterocycles. The maximum Gasteiger partial charge on any atom is 0.331 e. The van der Waals surface area contributed by atoms with Gasteiger partial charge in [-0.2, -0.15) is 0 Å². The van der Waals surface area contributed by atoms with E-state index in [9.17, 15) is 9.59 Å². The van der Waals surface area contributed by atoms with E-state index in [1.165, 1.54) is 6.08 Å². The van der Waals surface area contributed by atoms with Crippen LogP contribution in [-0.2, 0) is 14.3 Å². The van der Waals surface area contributed by atoms with E-state index in [-0.39, 0.29) is 12.6 Å². The lowest BCUT2D eigenvalue weighted by atomic mass is 10.2. The van der Waals surface area contributed by atoms with Crippen LogP contribution in [0.5, 0.6) is 11.5 Å². The number of furan rings is 1. The molecule has 1 aromatic heterocycles. The smallest absolute Gasteiger partial charge is 0.331 e. The molecule has 0 aliphatic rings. The minimum absolute atomic E-state index is 0.356. The number of carbonyl (C=O) groups excluding carboxylic acids is 2. The van der Waals surface area contributed by atoms with Crippen molar-refractivity contribution in [3.63, 3.8) is 0 Å². The van der Waals surface area contributed by atoms with E-state index in [0.29, 0.717) is 23.9 Å². The molecule has 3 rings (SSSR count). The number of carbonyl (C=O) groups is 2. The molecule has 0 aliphatic carbocycles. The predicted molar refractivity (Wildman–Crippen MR) is 117 cm³/mol. The highest BCUT2D eigenvalue weighted by Crippen LogP contribution is 2.28. The second-order valence-electron chi connectivity index (χ2n) is 6.76. The highest BCUT2D eigenvalue weighted by atomic mass is 16.5. The highest BCUT2D eigenvalue weighted by molar-refractivity contribution is 5.89. The number of rotatable bonds is 9. The van der Waals surface area contributed by atoms with Gasteiger partial charge in [0.15, 0.2) is 18.1 Å². The van der Waals surface area contributed by atoms with Gasteiger partial charge in [0.25, 0.3) is 5.91 Å². The van der Waals surface area contributed by atoms with Crippen LogP contribution in [0.3, 0.4) is 0 Å². The van der Waals surface area contributed by atoms with Gasteiger partial charge in [0, 0.05) is 11.5 Å². The van der Waals surface area contributed by atoms with Crippen LogP contribution in [0.15, 0.2) is 59.0 Å². The number of esters is 1. The van der Waals surface area contributed by atoms with E-state index in [4.69, 9.17) is 18.6 Å². The number of hydrogen-bond donors (Lipinski definition) is 1. The Kier molecular flexibility index (Phi) is 7.32. The molecule has 1 heterocycles. The summed E-state index contributed by atoms with van der Waals surface area (Å²) < 4.78 is 21.5. The third-order valence-corrected chi connectivity index (χ3v) is 4.49. The fourth-order valence-corrected chi connectivity index (χ4v) is 2.98. The van der Waals surface area contributed by atoms with Gasteiger partial charge in [-0.05, 0) is 49.8 Å². The number of para-hydroxylation sites is 1. The molecule has 3 aromatic rings. The standard InChI is InChI=1S/C24H25NO6/c1-4-29-22-13-17(9-11-20(22)28-3)10-12-24(27)30-15-23(26)25-16(2)21-14-18-7-5-6-8-19(18)31-21/h5-14,16H,4,15H2,1-3H3,(H,25,26)/b12-10+/t16-/m1/s1. The van der Waals surface area contributed by atoms with Crippen molar-refractivity contribution in [3.8, 4) is 11.5 Å². The largest absolute Gasteiger partial charge is 0.493 e. The maximum atomic E-state index is 12.1. The van der Waals surface area contributed by atoms with Crippen LogP contribution in [0.4, 0.5) is 0 Å². The van der Waals surface area contributed by atoms with Crippen LogP contribution in [0.2, 0.25) is 0 Å². The van der Waals surface area contributed by atoms with E-state index >= 15 is 0 Å². The quantitative estimate of drug-likeness (QED) is 0.408. The molecule has 0 fully saturated rings. The zero-order chi connectivity index (χ0) is 22.2. The Morgan fingerprint density at radius 2 is 1.94 bits per heavy atom. The average molecular weight is 423 g/mol. The fraction of sp³-hybridized carbons (Fsp3) is 0.250. The third kappa shape index (κ3) is 5.88. The van der Waals surface area contributed by atoms with E-state index in [0.717, 1.165) is 16.5 Å². The van der Waals surface area contributed by atoms with Crippen LogP contribution < -0.4 is 14.8 Å². The average Bonchev–Trinajstić information content (AvgIpc) is 3.21. The lowest BCUT2D eigenvalue weighted by molar-refractivity contribution is -0.144. The Bertz CT molecular complexity index is 1050. The maximum absolute atomic E-state index is 12.1. The van der Waals surface area contributed by atoms with Gasteiger partial charge in [0.05, 0.1) is 19.8 Å². The Balaban J connectivity index is 1.50. The lowest BCUT2D eigenvalue weighted by Crippen LogP contribution is -2.30. The van der Waals surface area contributed by atoms with Gasteiger partial charge < -0.3 is 23.9 Å². The summed E-state index contributed by atoms with van der Waals surface area (Å²) in [4.78, 5) is 24.1. The van der Waals surface area contributed by atoms with Crippen LogP contribution in [-0.4, -0.2) is 32.2 Å². The number of methoxy groups -OCH3 is 1. The number of ether oxygens (including phenoxy) is 3. The molecule has 1 amide bonds. The molecule has 0 bridgehead atoms. The van der Waals surface area contributed by atoms with Crippen LogP contribution in [0.1, 0.15) is 31.2 Å². The number of hydrogen-bond acceptors (Lipinski definition) is 6. The molecule has 0 unspecified atom stereocenters. The second-order valence-corrected chi connectivity index (χ2v) is 6.76. The molecule has 31 heavy (non-hydrogen) atoms. The first-order valence-corrected chi connectivity index (χ1v) is 9.93. The molecule has 7 heteroatoms. The molecule has 0 radical (unpaired) electrons. The molecule has 1 N–H and O–H groups in total. The van der Waals surface area contributed by atoms with Gasteiger partial charge in [-0.3, -0.25) is 4.79 Å². The molecule has 0 saturated carbocycles. The second kappa shape index (κ2) is 10.3. The monoisotopic (exact) mass is 423 g/mol. The minimum Gasteiger partial charge on any atom is -0.493 e. The highest BCUT2D eigenvalue weighted by Gasteiger charge is 2.15. The van der Waals surface area contributed by atoms with Crippen molar-refractivity contribution in [2.75, 3.05) is 20.3 Å². The summed E-state index contributed by atoms with van der Waals surface area (Å²) >= 11 is 0. The van der Waals surface area contributed by atoms with Crippen molar-refractivity contribution in [3.05, 3.63) is 65.9 Å². The summed E-state index contributed by atoms with van der Waals surface area (Å²) in [5.74, 6) is 0.778.